The van der Waals surface area contributed by atoms with E-state index in [0.29, 0.717) is 45.0 Å². The quantitative estimate of drug-likeness (QED) is 0.0402. The summed E-state index contributed by atoms with van der Waals surface area (Å²) in [5.41, 5.74) is 7.28. The van der Waals surface area contributed by atoms with Gasteiger partial charge in [-0.2, -0.15) is 0 Å². The number of anilines is 3. The second-order valence-electron chi connectivity index (χ2n) is 19.5. The second kappa shape index (κ2) is 22.2. The third kappa shape index (κ3) is 11.3. The van der Waals surface area contributed by atoms with Gasteiger partial charge in [-0.15, -0.1) is 11.8 Å². The molecule has 3 fully saturated rings. The topological polar surface area (TPSA) is 142 Å². The van der Waals surface area contributed by atoms with Gasteiger partial charge in [-0.1, -0.05) is 60.1 Å². The van der Waals surface area contributed by atoms with Crippen LogP contribution >= 0.6 is 30.9 Å². The molecule has 1 aromatic heterocycles. The van der Waals surface area contributed by atoms with Crippen molar-refractivity contribution in [3.05, 3.63) is 148 Å². The SMILES string of the molecule is Cc1c(S(C)(=O)=O)c(-c2cccc(N3CCN(c4ccc(N5CCO[P@]5(=O)c5ccc(C[C@H](CCN6CCC(O)CC6)CSc6ccccc6)c([N+](=O)[O-])c5)cc4)CC3)c2)c(-c2ccc(Cl)cc2)n1C(C)C. The van der Waals surface area contributed by atoms with Gasteiger partial charge in [-0.25, -0.2) is 8.42 Å². The molecule has 13 nitrogen and oxygen atoms in total. The maximum atomic E-state index is 14.9. The fourth-order valence-corrected chi connectivity index (χ4v) is 15.3. The summed E-state index contributed by atoms with van der Waals surface area (Å²) in [6.45, 7) is 12.1. The minimum Gasteiger partial charge on any atom is -0.393 e. The molecule has 0 bridgehead atoms. The van der Waals surface area contributed by atoms with Crippen LogP contribution < -0.4 is 19.8 Å². The first-order valence-corrected chi connectivity index (χ1v) is 29.7. The first-order chi connectivity index (χ1) is 34.6. The van der Waals surface area contributed by atoms with Crippen LogP contribution in [0.15, 0.2) is 131 Å². The average molecular weight is 1050 g/mol. The van der Waals surface area contributed by atoms with Crippen LogP contribution in [0.4, 0.5) is 22.7 Å². The van der Waals surface area contributed by atoms with E-state index in [1.165, 1.54) is 12.3 Å². The number of aliphatic hydroxyl groups is 1. The van der Waals surface area contributed by atoms with Crippen LogP contribution in [0.25, 0.3) is 22.4 Å². The van der Waals surface area contributed by atoms with Crippen LogP contribution in [0.1, 0.15) is 50.4 Å². The fourth-order valence-electron chi connectivity index (χ4n) is 10.7. The minimum absolute atomic E-state index is 0.00198. The number of likely N-dealkylation sites (tertiary alicyclic amines) is 1. The average Bonchev–Trinajstić information content (AvgIpc) is 3.94. The number of nitro benzene ring substituents is 1. The molecule has 2 atom stereocenters. The highest BCUT2D eigenvalue weighted by Gasteiger charge is 2.41. The van der Waals surface area contributed by atoms with Crippen molar-refractivity contribution >= 4 is 68.8 Å². The lowest BCUT2D eigenvalue weighted by Gasteiger charge is -2.37. The van der Waals surface area contributed by atoms with E-state index in [0.717, 1.165) is 110 Å². The Morgan fingerprint density at radius 2 is 1.49 bits per heavy atom. The Bertz CT molecular complexity index is 3030. The molecular weight excluding hydrogens is 987 g/mol. The van der Waals surface area contributed by atoms with Gasteiger partial charge in [0.2, 0.25) is 0 Å². The molecule has 9 rings (SSSR count). The zero-order chi connectivity index (χ0) is 50.7. The summed E-state index contributed by atoms with van der Waals surface area (Å²) >= 11 is 8.06. The van der Waals surface area contributed by atoms with Crippen molar-refractivity contribution in [3.8, 4) is 22.4 Å². The Kier molecular flexibility index (Phi) is 15.9. The first-order valence-electron chi connectivity index (χ1n) is 24.9. The van der Waals surface area contributed by atoms with E-state index >= 15 is 0 Å². The Labute approximate surface area is 433 Å². The number of aliphatic hydroxyl groups excluding tert-OH is 1. The molecule has 3 aliphatic rings. The van der Waals surface area contributed by atoms with Gasteiger partial charge >= 0.3 is 7.52 Å². The molecule has 0 aliphatic carbocycles. The molecular formula is C55H64ClN6O7PS2. The lowest BCUT2D eigenvalue weighted by atomic mass is 9.96. The number of aromatic nitrogens is 1. The van der Waals surface area contributed by atoms with Crippen LogP contribution in [0, 0.1) is 23.0 Å². The molecule has 0 saturated carbocycles. The monoisotopic (exact) mass is 1050 g/mol. The lowest BCUT2D eigenvalue weighted by Crippen LogP contribution is -2.46. The van der Waals surface area contributed by atoms with Gasteiger partial charge in [-0.05, 0) is 137 Å². The predicted molar refractivity (Wildman–Crippen MR) is 294 cm³/mol. The number of halogens is 1. The molecule has 6 aromatic rings. The van der Waals surface area contributed by atoms with Gasteiger partial charge < -0.3 is 28.9 Å². The van der Waals surface area contributed by atoms with E-state index in [1.54, 1.807) is 28.6 Å². The maximum Gasteiger partial charge on any atom is 0.326 e. The van der Waals surface area contributed by atoms with E-state index in [1.807, 2.05) is 85.8 Å². The van der Waals surface area contributed by atoms with Gasteiger partial charge in [-0.3, -0.25) is 19.3 Å². The summed E-state index contributed by atoms with van der Waals surface area (Å²) in [5, 5.41) is 23.7. The van der Waals surface area contributed by atoms with E-state index in [-0.39, 0.29) is 35.3 Å². The molecule has 0 unspecified atom stereocenters. The van der Waals surface area contributed by atoms with Crippen molar-refractivity contribution in [2.75, 3.05) is 85.4 Å². The van der Waals surface area contributed by atoms with Crippen LogP contribution in [0.2, 0.25) is 5.02 Å². The summed E-state index contributed by atoms with van der Waals surface area (Å²) < 4.78 is 51.9. The highest BCUT2D eigenvalue weighted by molar-refractivity contribution is 7.99. The Morgan fingerprint density at radius 1 is 0.819 bits per heavy atom. The number of sulfone groups is 1. The zero-order valence-electron chi connectivity index (χ0n) is 41.4. The normalized spacial score (nSPS) is 18.6. The number of piperazine rings is 1. The summed E-state index contributed by atoms with van der Waals surface area (Å²) in [6, 6.07) is 38.9. The molecule has 4 heterocycles. The third-order valence-corrected chi connectivity index (χ3v) is 19.6. The summed E-state index contributed by atoms with van der Waals surface area (Å²) in [6.07, 6.45) is 3.93. The molecule has 1 N–H and O–H groups in total. The van der Waals surface area contributed by atoms with Crippen LogP contribution in [-0.4, -0.2) is 105 Å². The number of benzene rings is 5. The largest absolute Gasteiger partial charge is 0.393 e. The molecule has 5 aromatic carbocycles. The molecule has 17 heteroatoms. The van der Waals surface area contributed by atoms with E-state index in [4.69, 9.17) is 16.1 Å². The molecule has 3 aliphatic heterocycles. The minimum atomic E-state index is -3.68. The van der Waals surface area contributed by atoms with Crippen molar-refractivity contribution in [1.82, 2.24) is 9.47 Å². The van der Waals surface area contributed by atoms with Crippen LogP contribution in [-0.2, 0) is 25.3 Å². The number of nitrogens with zero attached hydrogens (tertiary/aromatic N) is 6. The van der Waals surface area contributed by atoms with Gasteiger partial charge in [0.05, 0.1) is 40.1 Å². The molecule has 72 heavy (non-hydrogen) atoms. The van der Waals surface area contributed by atoms with Gasteiger partial charge in [0, 0.05) is 107 Å². The Morgan fingerprint density at radius 3 is 2.14 bits per heavy atom. The van der Waals surface area contributed by atoms with Gasteiger partial charge in [0.25, 0.3) is 5.69 Å². The number of thioether (sulfide) groups is 1. The van der Waals surface area contributed by atoms with Crippen LogP contribution in [0.5, 0.6) is 0 Å². The lowest BCUT2D eigenvalue weighted by molar-refractivity contribution is -0.385. The highest BCUT2D eigenvalue weighted by atomic mass is 35.5. The summed E-state index contributed by atoms with van der Waals surface area (Å²) in [4.78, 5) is 20.9. The van der Waals surface area contributed by atoms with E-state index < -0.39 is 17.4 Å². The number of rotatable bonds is 17. The Balaban J connectivity index is 0.892. The third-order valence-electron chi connectivity index (χ3n) is 14.3. The molecule has 0 spiro atoms. The number of nitro groups is 1. The number of hydrogen-bond donors (Lipinski definition) is 1. The summed E-state index contributed by atoms with van der Waals surface area (Å²) in [7, 11) is -7.30. The highest BCUT2D eigenvalue weighted by Crippen LogP contribution is 2.56. The van der Waals surface area contributed by atoms with Gasteiger partial charge in [0.1, 0.15) is 0 Å². The van der Waals surface area contributed by atoms with Crippen molar-refractivity contribution < 1.29 is 27.5 Å². The number of piperidine rings is 1. The second-order valence-corrected chi connectivity index (χ2v) is 25.3. The Hall–Kier alpha value is -5.12. The summed E-state index contributed by atoms with van der Waals surface area (Å²) in [5.74, 6) is 0.949. The number of hydrogen-bond acceptors (Lipinski definition) is 11. The van der Waals surface area contributed by atoms with Gasteiger partial charge in [0.15, 0.2) is 9.84 Å². The molecule has 380 valence electrons. The first kappa shape index (κ1) is 51.8. The van der Waals surface area contributed by atoms with Crippen molar-refractivity contribution in [1.29, 1.82) is 0 Å². The standard InChI is InChI=1S/C55H64ClN6O7PS2/c1-39(2)61-40(3)55(72(4,67)68)53(54(61)42-13-16-45(56)17-14-42)44-9-8-10-48(36-44)59-31-29-58(30-32-59)46-18-20-47(21-19-46)60-33-34-69-70(60,66)50-22-15-43(52(37-50)62(64)65)35-41(38-71-51-11-6-5-7-12-51)23-26-57-27-24-49(63)25-28-57/h5-22,36-37,39,41,49,63H,23-35,38H2,1-4H3/t41-,70+/m0/s1. The van der Waals surface area contributed by atoms with Crippen LogP contribution in [0.3, 0.4) is 0 Å². The smallest absolute Gasteiger partial charge is 0.326 e. The van der Waals surface area contributed by atoms with Crippen molar-refractivity contribution in [2.24, 2.45) is 5.92 Å². The van der Waals surface area contributed by atoms with E-state index in [2.05, 4.69) is 57.4 Å². The van der Waals surface area contributed by atoms with E-state index in [9.17, 15) is 28.2 Å². The maximum absolute atomic E-state index is 14.9. The molecule has 3 saturated heterocycles. The van der Waals surface area contributed by atoms with Crippen molar-refractivity contribution in [3.63, 3.8) is 0 Å². The molecule has 0 amide bonds. The zero-order valence-corrected chi connectivity index (χ0v) is 44.7. The van der Waals surface area contributed by atoms with Crippen molar-refractivity contribution in [2.45, 2.75) is 68.4 Å². The fraction of sp³-hybridized carbons (Fsp3) is 0.382. The molecule has 0 radical (unpaired) electrons. The predicted octanol–water partition coefficient (Wildman–Crippen LogP) is 11.2.